The van der Waals surface area contributed by atoms with Crippen LogP contribution in [-0.2, 0) is 19.1 Å². The average molecular weight is 455 g/mol. The second kappa shape index (κ2) is 10.5. The Morgan fingerprint density at radius 2 is 1.58 bits per heavy atom. The summed E-state index contributed by atoms with van der Waals surface area (Å²) < 4.78 is 10.6. The molecule has 2 amide bonds. The summed E-state index contributed by atoms with van der Waals surface area (Å²) in [4.78, 5) is 35.8. The van der Waals surface area contributed by atoms with Gasteiger partial charge in [-0.15, -0.1) is 0 Å². The van der Waals surface area contributed by atoms with Gasteiger partial charge in [0.15, 0.2) is 6.10 Å². The number of rotatable bonds is 10. The Labute approximate surface area is 193 Å². The summed E-state index contributed by atoms with van der Waals surface area (Å²) >= 11 is 0. The molecule has 2 aromatic rings. The Kier molecular flexibility index (Phi) is 7.71. The van der Waals surface area contributed by atoms with Crippen molar-refractivity contribution < 1.29 is 29.0 Å². The van der Waals surface area contributed by atoms with Gasteiger partial charge in [0, 0.05) is 19.6 Å². The standard InChI is InChI=1S/C25H30N2O6/c1-25(2,23(29)30)12-13-26-22(28)21(32-3)14-27-24(31)33-15-20-18-10-6-4-8-16(18)17-9-5-7-11-19(17)20/h4-11,20-21H,12-15H2,1-3H3,(H,26,28)(H,27,31)(H,29,30). The maximum atomic E-state index is 12.3. The number of amides is 2. The molecule has 0 saturated carbocycles. The zero-order chi connectivity index (χ0) is 24.0. The highest BCUT2D eigenvalue weighted by Crippen LogP contribution is 2.44. The van der Waals surface area contributed by atoms with Crippen molar-refractivity contribution >= 4 is 18.0 Å². The molecule has 0 spiro atoms. The highest BCUT2D eigenvalue weighted by molar-refractivity contribution is 5.82. The zero-order valence-corrected chi connectivity index (χ0v) is 19.1. The zero-order valence-electron chi connectivity index (χ0n) is 19.1. The molecule has 0 radical (unpaired) electrons. The number of benzene rings is 2. The normalized spacial score (nSPS) is 13.5. The van der Waals surface area contributed by atoms with Crippen LogP contribution in [0.15, 0.2) is 48.5 Å². The fraction of sp³-hybridized carbons (Fsp3) is 0.400. The lowest BCUT2D eigenvalue weighted by molar-refractivity contribution is -0.147. The number of hydrogen-bond donors (Lipinski definition) is 3. The molecule has 1 atom stereocenters. The van der Waals surface area contributed by atoms with Crippen molar-refractivity contribution in [3.05, 3.63) is 59.7 Å². The van der Waals surface area contributed by atoms with Gasteiger partial charge >= 0.3 is 12.1 Å². The van der Waals surface area contributed by atoms with Crippen molar-refractivity contribution in [1.29, 1.82) is 0 Å². The van der Waals surface area contributed by atoms with Crippen LogP contribution in [0.1, 0.15) is 37.3 Å². The van der Waals surface area contributed by atoms with E-state index in [1.807, 2.05) is 36.4 Å². The summed E-state index contributed by atoms with van der Waals surface area (Å²) in [7, 11) is 1.37. The second-order valence-corrected chi connectivity index (χ2v) is 8.66. The molecule has 8 heteroatoms. The lowest BCUT2D eigenvalue weighted by Crippen LogP contribution is -2.45. The number of nitrogens with one attached hydrogen (secondary N) is 2. The number of carboxylic acid groups (broad SMARTS) is 1. The third-order valence-electron chi connectivity index (χ3n) is 5.98. The van der Waals surface area contributed by atoms with Gasteiger partial charge in [0.2, 0.25) is 0 Å². The van der Waals surface area contributed by atoms with E-state index in [2.05, 4.69) is 22.8 Å². The Morgan fingerprint density at radius 3 is 2.12 bits per heavy atom. The molecule has 1 unspecified atom stereocenters. The number of carboxylic acids is 1. The third-order valence-corrected chi connectivity index (χ3v) is 5.98. The first-order chi connectivity index (χ1) is 15.7. The van der Waals surface area contributed by atoms with E-state index >= 15 is 0 Å². The summed E-state index contributed by atoms with van der Waals surface area (Å²) in [6, 6.07) is 16.1. The molecule has 0 heterocycles. The van der Waals surface area contributed by atoms with Crippen LogP contribution in [0.3, 0.4) is 0 Å². The summed E-state index contributed by atoms with van der Waals surface area (Å²) in [5.41, 5.74) is 3.57. The van der Waals surface area contributed by atoms with E-state index in [0.29, 0.717) is 0 Å². The van der Waals surface area contributed by atoms with E-state index < -0.39 is 29.5 Å². The van der Waals surface area contributed by atoms with Crippen LogP contribution in [0.25, 0.3) is 11.1 Å². The number of carbonyl (C=O) groups excluding carboxylic acids is 2. The van der Waals surface area contributed by atoms with Gasteiger partial charge in [-0.1, -0.05) is 48.5 Å². The quantitative estimate of drug-likeness (QED) is 0.508. The molecule has 33 heavy (non-hydrogen) atoms. The van der Waals surface area contributed by atoms with Crippen molar-refractivity contribution in [2.45, 2.75) is 32.3 Å². The SMILES string of the molecule is COC(CNC(=O)OCC1c2ccccc2-c2ccccc21)C(=O)NCCC(C)(C)C(=O)O. The maximum absolute atomic E-state index is 12.3. The number of hydrogen-bond acceptors (Lipinski definition) is 5. The average Bonchev–Trinajstić information content (AvgIpc) is 3.11. The number of methoxy groups -OCH3 is 1. The number of ether oxygens (including phenoxy) is 2. The van der Waals surface area contributed by atoms with Gasteiger partial charge in [0.05, 0.1) is 12.0 Å². The van der Waals surface area contributed by atoms with Crippen LogP contribution < -0.4 is 10.6 Å². The molecule has 0 aromatic heterocycles. The third kappa shape index (κ3) is 5.70. The van der Waals surface area contributed by atoms with E-state index in [0.717, 1.165) is 22.3 Å². The Bertz CT molecular complexity index is 974. The van der Waals surface area contributed by atoms with E-state index in [9.17, 15) is 14.4 Å². The minimum Gasteiger partial charge on any atom is -0.481 e. The molecule has 2 aromatic carbocycles. The number of fused-ring (bicyclic) bond motifs is 3. The molecular weight excluding hydrogens is 424 g/mol. The minimum absolute atomic E-state index is 0.0535. The highest BCUT2D eigenvalue weighted by atomic mass is 16.5. The number of aliphatic carboxylic acids is 1. The summed E-state index contributed by atoms with van der Waals surface area (Å²) in [6.45, 7) is 3.47. The van der Waals surface area contributed by atoms with Crippen LogP contribution >= 0.6 is 0 Å². The van der Waals surface area contributed by atoms with Gasteiger partial charge in [-0.25, -0.2) is 4.79 Å². The lowest BCUT2D eigenvalue weighted by Gasteiger charge is -2.21. The van der Waals surface area contributed by atoms with Gasteiger partial charge < -0.3 is 25.2 Å². The van der Waals surface area contributed by atoms with Gasteiger partial charge in [-0.3, -0.25) is 9.59 Å². The molecule has 1 aliphatic rings. The van der Waals surface area contributed by atoms with Crippen molar-refractivity contribution in [2.24, 2.45) is 5.41 Å². The smallest absolute Gasteiger partial charge is 0.407 e. The molecule has 0 bridgehead atoms. The Balaban J connectivity index is 1.49. The van der Waals surface area contributed by atoms with E-state index in [-0.39, 0.29) is 32.0 Å². The summed E-state index contributed by atoms with van der Waals surface area (Å²) in [5, 5.41) is 14.4. The number of carbonyl (C=O) groups is 3. The molecule has 3 rings (SSSR count). The molecule has 8 nitrogen and oxygen atoms in total. The van der Waals surface area contributed by atoms with Gasteiger partial charge in [-0.05, 0) is 42.5 Å². The van der Waals surface area contributed by atoms with Crippen molar-refractivity contribution in [3.63, 3.8) is 0 Å². The lowest BCUT2D eigenvalue weighted by atomic mass is 9.90. The molecule has 1 aliphatic carbocycles. The van der Waals surface area contributed by atoms with Crippen molar-refractivity contribution in [3.8, 4) is 11.1 Å². The van der Waals surface area contributed by atoms with Crippen LogP contribution in [0.2, 0.25) is 0 Å². The van der Waals surface area contributed by atoms with E-state index in [1.165, 1.54) is 7.11 Å². The summed E-state index contributed by atoms with van der Waals surface area (Å²) in [5.74, 6) is -1.42. The molecule has 0 saturated heterocycles. The molecule has 0 fully saturated rings. The Morgan fingerprint density at radius 1 is 1.00 bits per heavy atom. The monoisotopic (exact) mass is 454 g/mol. The van der Waals surface area contributed by atoms with Crippen LogP contribution in [0, 0.1) is 5.41 Å². The van der Waals surface area contributed by atoms with Crippen LogP contribution in [0.4, 0.5) is 4.79 Å². The first-order valence-corrected chi connectivity index (χ1v) is 10.9. The predicted octanol–water partition coefficient (Wildman–Crippen LogP) is 3.16. The van der Waals surface area contributed by atoms with E-state index in [1.54, 1.807) is 13.8 Å². The molecule has 0 aliphatic heterocycles. The largest absolute Gasteiger partial charge is 0.481 e. The molecule has 176 valence electrons. The van der Waals surface area contributed by atoms with Gasteiger partial charge in [0.1, 0.15) is 6.61 Å². The fourth-order valence-electron chi connectivity index (χ4n) is 3.83. The maximum Gasteiger partial charge on any atom is 0.407 e. The highest BCUT2D eigenvalue weighted by Gasteiger charge is 2.30. The minimum atomic E-state index is -0.949. The van der Waals surface area contributed by atoms with Gasteiger partial charge in [-0.2, -0.15) is 0 Å². The topological polar surface area (TPSA) is 114 Å². The summed E-state index contributed by atoms with van der Waals surface area (Å²) in [6.07, 6.45) is -1.29. The molecular formula is C25H30N2O6. The predicted molar refractivity (Wildman–Crippen MR) is 123 cm³/mol. The number of alkyl carbamates (subject to hydrolysis) is 1. The first kappa shape index (κ1) is 24.3. The van der Waals surface area contributed by atoms with E-state index in [4.69, 9.17) is 14.6 Å². The van der Waals surface area contributed by atoms with Crippen LogP contribution in [-0.4, -0.2) is 56.0 Å². The first-order valence-electron chi connectivity index (χ1n) is 10.9. The van der Waals surface area contributed by atoms with Crippen LogP contribution in [0.5, 0.6) is 0 Å². The Hall–Kier alpha value is -3.39. The fourth-order valence-corrected chi connectivity index (χ4v) is 3.83. The van der Waals surface area contributed by atoms with Gasteiger partial charge in [0.25, 0.3) is 5.91 Å². The second-order valence-electron chi connectivity index (χ2n) is 8.66. The van der Waals surface area contributed by atoms with Crippen molar-refractivity contribution in [1.82, 2.24) is 10.6 Å². The molecule has 3 N–H and O–H groups in total. The van der Waals surface area contributed by atoms with Crippen molar-refractivity contribution in [2.75, 3.05) is 26.8 Å².